The minimum atomic E-state index is 0.0143. The van der Waals surface area contributed by atoms with Crippen molar-refractivity contribution in [3.05, 3.63) is 11.1 Å². The second kappa shape index (κ2) is 4.51. The Balaban J connectivity index is 2.23. The normalized spacial score (nSPS) is 24.1. The van der Waals surface area contributed by atoms with Gasteiger partial charge in [-0.05, 0) is 24.8 Å². The topological polar surface area (TPSA) is 40.6 Å². The Morgan fingerprint density at radius 2 is 2.12 bits per heavy atom. The largest absolute Gasteiger partial charge is 0.349 e. The average Bonchev–Trinajstić information content (AvgIpc) is 2.55. The quantitative estimate of drug-likeness (QED) is 0.722. The van der Waals surface area contributed by atoms with Gasteiger partial charge in [0.15, 0.2) is 0 Å². The Morgan fingerprint density at radius 1 is 1.41 bits per heavy atom. The van der Waals surface area contributed by atoms with Crippen LogP contribution >= 0.6 is 0 Å². The Morgan fingerprint density at radius 3 is 2.76 bits per heavy atom. The fourth-order valence-corrected chi connectivity index (χ4v) is 2.76. The van der Waals surface area contributed by atoms with Crippen LogP contribution in [0.15, 0.2) is 11.1 Å². The van der Waals surface area contributed by atoms with E-state index in [0.29, 0.717) is 0 Å². The molecule has 2 rings (SSSR count). The molecule has 1 unspecified atom stereocenters. The predicted molar refractivity (Wildman–Crippen MR) is 65.4 cm³/mol. The lowest BCUT2D eigenvalue weighted by Crippen LogP contribution is -2.33. The second-order valence-corrected chi connectivity index (χ2v) is 5.15. The molecule has 1 saturated carbocycles. The molecule has 17 heavy (non-hydrogen) atoms. The maximum absolute atomic E-state index is 12.1. The van der Waals surface area contributed by atoms with Gasteiger partial charge in [0, 0.05) is 26.7 Å². The molecule has 0 radical (unpaired) electrons. The predicted octanol–water partition coefficient (Wildman–Crippen LogP) is 1.18. The first-order valence-electron chi connectivity index (χ1n) is 6.21. The molecule has 0 saturated heterocycles. The van der Waals surface area contributed by atoms with Gasteiger partial charge in [-0.3, -0.25) is 9.59 Å². The molecule has 1 aliphatic carbocycles. The summed E-state index contributed by atoms with van der Waals surface area (Å²) in [5.74, 6) is 0.0718. The maximum atomic E-state index is 12.1. The van der Waals surface area contributed by atoms with E-state index in [9.17, 15) is 9.59 Å². The van der Waals surface area contributed by atoms with Crippen LogP contribution in [0, 0.1) is 0 Å². The van der Waals surface area contributed by atoms with E-state index in [-0.39, 0.29) is 24.3 Å². The zero-order chi connectivity index (χ0) is 12.6. The van der Waals surface area contributed by atoms with Crippen molar-refractivity contribution in [2.24, 2.45) is 0 Å². The Kier molecular flexibility index (Phi) is 3.22. The molecule has 0 aromatic carbocycles. The number of likely N-dealkylation sites (N-methyl/N-ethyl adjacent to an activating group) is 1. The van der Waals surface area contributed by atoms with Crippen LogP contribution in [0.25, 0.3) is 0 Å². The van der Waals surface area contributed by atoms with E-state index in [4.69, 9.17) is 0 Å². The van der Waals surface area contributed by atoms with Crippen molar-refractivity contribution < 1.29 is 9.59 Å². The van der Waals surface area contributed by atoms with Crippen molar-refractivity contribution in [1.29, 1.82) is 0 Å². The summed E-state index contributed by atoms with van der Waals surface area (Å²) in [7, 11) is 5.32. The third-order valence-electron chi connectivity index (χ3n) is 3.84. The van der Waals surface area contributed by atoms with Gasteiger partial charge in [-0.15, -0.1) is 0 Å². The minimum Gasteiger partial charge on any atom is -0.349 e. The first kappa shape index (κ1) is 12.1. The van der Waals surface area contributed by atoms with Crippen LogP contribution in [0.3, 0.4) is 0 Å². The standard InChI is InChI=1S/C13H20N2O2/c1-14(2)12(16)8-10-9-6-4-5-7-11(9)15(3)13(10)17/h11H,4-8H2,1-3H3. The summed E-state index contributed by atoms with van der Waals surface area (Å²) in [6.45, 7) is 0. The second-order valence-electron chi connectivity index (χ2n) is 5.15. The van der Waals surface area contributed by atoms with Crippen LogP contribution in [0.5, 0.6) is 0 Å². The van der Waals surface area contributed by atoms with Gasteiger partial charge in [-0.25, -0.2) is 0 Å². The van der Waals surface area contributed by atoms with Gasteiger partial charge < -0.3 is 9.80 Å². The van der Waals surface area contributed by atoms with E-state index < -0.39 is 0 Å². The first-order chi connectivity index (χ1) is 8.02. The molecule has 0 spiro atoms. The molecule has 1 fully saturated rings. The van der Waals surface area contributed by atoms with Gasteiger partial charge in [0.2, 0.25) is 5.91 Å². The number of hydrogen-bond donors (Lipinski definition) is 0. The van der Waals surface area contributed by atoms with E-state index in [2.05, 4.69) is 0 Å². The molecule has 4 heteroatoms. The molecule has 1 aliphatic heterocycles. The zero-order valence-corrected chi connectivity index (χ0v) is 10.8. The van der Waals surface area contributed by atoms with E-state index in [1.807, 2.05) is 11.9 Å². The summed E-state index contributed by atoms with van der Waals surface area (Å²) in [6.07, 6.45) is 4.63. The molecule has 1 atom stereocenters. The van der Waals surface area contributed by atoms with Crippen LogP contribution in [0.2, 0.25) is 0 Å². The number of nitrogens with zero attached hydrogens (tertiary/aromatic N) is 2. The van der Waals surface area contributed by atoms with Crippen molar-refractivity contribution in [3.8, 4) is 0 Å². The van der Waals surface area contributed by atoms with Crippen LogP contribution in [-0.4, -0.2) is 48.8 Å². The fourth-order valence-electron chi connectivity index (χ4n) is 2.76. The smallest absolute Gasteiger partial charge is 0.250 e. The minimum absolute atomic E-state index is 0.0143. The number of rotatable bonds is 2. The molecule has 94 valence electrons. The van der Waals surface area contributed by atoms with Crippen LogP contribution in [0.4, 0.5) is 0 Å². The zero-order valence-electron chi connectivity index (χ0n) is 10.8. The Labute approximate surface area is 102 Å². The van der Waals surface area contributed by atoms with E-state index in [1.165, 1.54) is 12.0 Å². The van der Waals surface area contributed by atoms with Crippen molar-refractivity contribution in [1.82, 2.24) is 9.80 Å². The highest BCUT2D eigenvalue weighted by atomic mass is 16.2. The van der Waals surface area contributed by atoms with Gasteiger partial charge in [-0.2, -0.15) is 0 Å². The van der Waals surface area contributed by atoms with Crippen molar-refractivity contribution in [3.63, 3.8) is 0 Å². The molecule has 2 aliphatic rings. The molecule has 0 aromatic heterocycles. The number of carbonyl (C=O) groups is 2. The molecule has 4 nitrogen and oxygen atoms in total. The number of hydrogen-bond acceptors (Lipinski definition) is 2. The molecule has 0 bridgehead atoms. The highest BCUT2D eigenvalue weighted by molar-refractivity contribution is 6.02. The summed E-state index contributed by atoms with van der Waals surface area (Å²) in [4.78, 5) is 27.2. The summed E-state index contributed by atoms with van der Waals surface area (Å²) < 4.78 is 0. The van der Waals surface area contributed by atoms with E-state index in [0.717, 1.165) is 24.8 Å². The highest BCUT2D eigenvalue weighted by Crippen LogP contribution is 2.36. The molecular weight excluding hydrogens is 216 g/mol. The summed E-state index contributed by atoms with van der Waals surface area (Å²) in [5.41, 5.74) is 1.98. The highest BCUT2D eigenvalue weighted by Gasteiger charge is 2.38. The van der Waals surface area contributed by atoms with Crippen LogP contribution in [0.1, 0.15) is 32.1 Å². The SMILES string of the molecule is CN(C)C(=O)CC1=C2CCCCC2N(C)C1=O. The maximum Gasteiger partial charge on any atom is 0.250 e. The summed E-state index contributed by atoms with van der Waals surface area (Å²) in [5, 5.41) is 0. The van der Waals surface area contributed by atoms with Gasteiger partial charge in [0.1, 0.15) is 0 Å². The molecular formula is C13H20N2O2. The number of fused-ring (bicyclic) bond motifs is 1. The average molecular weight is 236 g/mol. The number of carbonyl (C=O) groups excluding carboxylic acids is 2. The van der Waals surface area contributed by atoms with Gasteiger partial charge in [0.05, 0.1) is 12.5 Å². The number of amides is 2. The summed E-state index contributed by atoms with van der Waals surface area (Å²) >= 11 is 0. The third-order valence-corrected chi connectivity index (χ3v) is 3.84. The Hall–Kier alpha value is -1.32. The summed E-state index contributed by atoms with van der Waals surface area (Å²) in [6, 6.07) is 0.265. The Bertz CT molecular complexity index is 385. The van der Waals surface area contributed by atoms with Gasteiger partial charge in [0.25, 0.3) is 5.91 Å². The lowest BCUT2D eigenvalue weighted by Gasteiger charge is -2.26. The lowest BCUT2D eigenvalue weighted by atomic mass is 9.88. The molecule has 2 amide bonds. The van der Waals surface area contributed by atoms with Crippen molar-refractivity contribution in [2.75, 3.05) is 21.1 Å². The molecule has 1 heterocycles. The van der Waals surface area contributed by atoms with Gasteiger partial charge >= 0.3 is 0 Å². The van der Waals surface area contributed by atoms with Crippen molar-refractivity contribution >= 4 is 11.8 Å². The third kappa shape index (κ3) is 2.08. The van der Waals surface area contributed by atoms with E-state index >= 15 is 0 Å². The van der Waals surface area contributed by atoms with Crippen molar-refractivity contribution in [2.45, 2.75) is 38.1 Å². The fraction of sp³-hybridized carbons (Fsp3) is 0.692. The first-order valence-corrected chi connectivity index (χ1v) is 6.21. The molecule has 0 aromatic rings. The van der Waals surface area contributed by atoms with Crippen LogP contribution in [-0.2, 0) is 9.59 Å². The van der Waals surface area contributed by atoms with Gasteiger partial charge in [-0.1, -0.05) is 6.42 Å². The monoisotopic (exact) mass is 236 g/mol. The van der Waals surface area contributed by atoms with Crippen LogP contribution < -0.4 is 0 Å². The molecule has 0 N–H and O–H groups in total. The lowest BCUT2D eigenvalue weighted by molar-refractivity contribution is -0.131. The van der Waals surface area contributed by atoms with E-state index in [1.54, 1.807) is 19.0 Å².